The highest BCUT2D eigenvalue weighted by atomic mass is 35.5. The lowest BCUT2D eigenvalue weighted by molar-refractivity contribution is -0.117. The van der Waals surface area contributed by atoms with E-state index in [4.69, 9.17) is 28.3 Å². The van der Waals surface area contributed by atoms with Crippen molar-refractivity contribution in [2.45, 2.75) is 6.92 Å². The number of likely N-dealkylation sites (N-methyl/N-ethyl adjacent to an activating group) is 1. The van der Waals surface area contributed by atoms with Crippen LogP contribution >= 0.6 is 23.2 Å². The third kappa shape index (κ3) is 4.82. The molecular formula is C12H16Cl2N2O2. The lowest BCUT2D eigenvalue weighted by atomic mass is 10.3. The number of halogens is 2. The zero-order valence-electron chi connectivity index (χ0n) is 10.1. The van der Waals surface area contributed by atoms with Crippen LogP contribution in [-0.4, -0.2) is 42.2 Å². The van der Waals surface area contributed by atoms with Crippen LogP contribution in [0.5, 0.6) is 0 Å². The molecule has 0 aliphatic heterocycles. The third-order valence-corrected chi connectivity index (χ3v) is 3.00. The highest BCUT2D eigenvalue weighted by Gasteiger charge is 2.10. The molecule has 2 N–H and O–H groups in total. The molecule has 0 atom stereocenters. The quantitative estimate of drug-likeness (QED) is 0.845. The second-order valence-electron chi connectivity index (χ2n) is 3.76. The van der Waals surface area contributed by atoms with Gasteiger partial charge in [0.1, 0.15) is 0 Å². The molecule has 18 heavy (non-hydrogen) atoms. The second-order valence-corrected chi connectivity index (χ2v) is 4.61. The van der Waals surface area contributed by atoms with E-state index in [1.807, 2.05) is 11.8 Å². The highest BCUT2D eigenvalue weighted by Crippen LogP contribution is 2.25. The summed E-state index contributed by atoms with van der Waals surface area (Å²) in [5.74, 6) is -0.186. The van der Waals surface area contributed by atoms with Gasteiger partial charge in [0.2, 0.25) is 5.91 Å². The van der Waals surface area contributed by atoms with Crippen LogP contribution in [0.4, 0.5) is 5.69 Å². The van der Waals surface area contributed by atoms with E-state index in [0.29, 0.717) is 28.8 Å². The summed E-state index contributed by atoms with van der Waals surface area (Å²) < 4.78 is 0. The number of carbonyl (C=O) groups is 1. The van der Waals surface area contributed by atoms with Gasteiger partial charge in [-0.3, -0.25) is 9.69 Å². The molecule has 0 bridgehead atoms. The van der Waals surface area contributed by atoms with E-state index in [0.717, 1.165) is 0 Å². The molecule has 100 valence electrons. The molecule has 0 radical (unpaired) electrons. The topological polar surface area (TPSA) is 52.6 Å². The number of hydrogen-bond acceptors (Lipinski definition) is 3. The Bertz CT molecular complexity index is 413. The van der Waals surface area contributed by atoms with Crippen LogP contribution in [0.25, 0.3) is 0 Å². The third-order valence-electron chi connectivity index (χ3n) is 2.43. The first-order chi connectivity index (χ1) is 8.56. The molecular weight excluding hydrogens is 275 g/mol. The van der Waals surface area contributed by atoms with Gasteiger partial charge in [-0.2, -0.15) is 0 Å². The Kier molecular flexibility index (Phi) is 6.43. The number of aliphatic hydroxyl groups is 1. The maximum absolute atomic E-state index is 11.8. The fourth-order valence-electron chi connectivity index (χ4n) is 1.48. The molecule has 0 heterocycles. The largest absolute Gasteiger partial charge is 0.395 e. The molecule has 1 aromatic rings. The van der Waals surface area contributed by atoms with Crippen molar-refractivity contribution >= 4 is 34.8 Å². The average Bonchev–Trinajstić information content (AvgIpc) is 2.33. The molecule has 0 saturated carbocycles. The molecule has 1 aromatic carbocycles. The van der Waals surface area contributed by atoms with Gasteiger partial charge in [0.15, 0.2) is 0 Å². The van der Waals surface area contributed by atoms with Crippen molar-refractivity contribution in [1.82, 2.24) is 4.90 Å². The first kappa shape index (κ1) is 15.2. The first-order valence-corrected chi connectivity index (χ1v) is 6.40. The van der Waals surface area contributed by atoms with Gasteiger partial charge in [-0.1, -0.05) is 30.1 Å². The van der Waals surface area contributed by atoms with Crippen molar-refractivity contribution in [1.29, 1.82) is 0 Å². The van der Waals surface area contributed by atoms with Crippen LogP contribution < -0.4 is 5.32 Å². The van der Waals surface area contributed by atoms with Gasteiger partial charge in [-0.25, -0.2) is 0 Å². The zero-order valence-corrected chi connectivity index (χ0v) is 11.6. The van der Waals surface area contributed by atoms with Crippen LogP contribution in [-0.2, 0) is 4.79 Å². The van der Waals surface area contributed by atoms with Gasteiger partial charge in [-0.15, -0.1) is 0 Å². The molecule has 0 fully saturated rings. The maximum atomic E-state index is 11.8. The SMILES string of the molecule is CCN(CCO)CC(=O)Nc1cc(Cl)ccc1Cl. The van der Waals surface area contributed by atoms with E-state index in [1.54, 1.807) is 18.2 Å². The van der Waals surface area contributed by atoms with Crippen LogP contribution in [0.3, 0.4) is 0 Å². The fraction of sp³-hybridized carbons (Fsp3) is 0.417. The van der Waals surface area contributed by atoms with Crippen molar-refractivity contribution in [2.75, 3.05) is 31.6 Å². The maximum Gasteiger partial charge on any atom is 0.238 e. The van der Waals surface area contributed by atoms with Crippen molar-refractivity contribution in [3.63, 3.8) is 0 Å². The molecule has 1 rings (SSSR count). The number of hydrogen-bond donors (Lipinski definition) is 2. The molecule has 0 saturated heterocycles. The number of aliphatic hydroxyl groups excluding tert-OH is 1. The lowest BCUT2D eigenvalue weighted by Gasteiger charge is -2.18. The summed E-state index contributed by atoms with van der Waals surface area (Å²) in [6.07, 6.45) is 0. The number of nitrogens with zero attached hydrogens (tertiary/aromatic N) is 1. The van der Waals surface area contributed by atoms with E-state index < -0.39 is 0 Å². The van der Waals surface area contributed by atoms with Crippen LogP contribution in [0.1, 0.15) is 6.92 Å². The van der Waals surface area contributed by atoms with Gasteiger partial charge >= 0.3 is 0 Å². The van der Waals surface area contributed by atoms with E-state index >= 15 is 0 Å². The Labute approximate surface area is 116 Å². The smallest absolute Gasteiger partial charge is 0.238 e. The van der Waals surface area contributed by atoms with Crippen LogP contribution in [0.15, 0.2) is 18.2 Å². The van der Waals surface area contributed by atoms with Crippen molar-refractivity contribution in [2.24, 2.45) is 0 Å². The number of carbonyl (C=O) groups excluding carboxylic acids is 1. The van der Waals surface area contributed by atoms with E-state index in [1.165, 1.54) is 0 Å². The lowest BCUT2D eigenvalue weighted by Crippen LogP contribution is -2.35. The number of rotatable bonds is 6. The normalized spacial score (nSPS) is 10.7. The van der Waals surface area contributed by atoms with Crippen molar-refractivity contribution in [3.8, 4) is 0 Å². The van der Waals surface area contributed by atoms with Gasteiger partial charge in [0.25, 0.3) is 0 Å². The summed E-state index contributed by atoms with van der Waals surface area (Å²) >= 11 is 11.8. The van der Waals surface area contributed by atoms with Crippen LogP contribution in [0.2, 0.25) is 10.0 Å². The molecule has 1 amide bonds. The first-order valence-electron chi connectivity index (χ1n) is 5.65. The predicted octanol–water partition coefficient (Wildman–Crippen LogP) is 2.25. The molecule has 0 unspecified atom stereocenters. The minimum absolute atomic E-state index is 0.0268. The summed E-state index contributed by atoms with van der Waals surface area (Å²) in [4.78, 5) is 13.6. The second kappa shape index (κ2) is 7.59. The molecule has 0 aliphatic rings. The van der Waals surface area contributed by atoms with E-state index in [2.05, 4.69) is 5.32 Å². The Balaban J connectivity index is 2.61. The Morgan fingerprint density at radius 2 is 2.17 bits per heavy atom. The number of amides is 1. The summed E-state index contributed by atoms with van der Waals surface area (Å²) in [6, 6.07) is 4.89. The Morgan fingerprint density at radius 3 is 2.78 bits per heavy atom. The van der Waals surface area contributed by atoms with E-state index in [9.17, 15) is 4.79 Å². The van der Waals surface area contributed by atoms with Gasteiger partial charge in [0.05, 0.1) is 23.9 Å². The zero-order chi connectivity index (χ0) is 13.5. The number of benzene rings is 1. The molecule has 0 aromatic heterocycles. The van der Waals surface area contributed by atoms with Gasteiger partial charge in [-0.05, 0) is 24.7 Å². The molecule has 0 spiro atoms. The highest BCUT2D eigenvalue weighted by molar-refractivity contribution is 6.35. The minimum Gasteiger partial charge on any atom is -0.395 e. The molecule has 4 nitrogen and oxygen atoms in total. The Hall–Kier alpha value is -0.810. The van der Waals surface area contributed by atoms with Crippen LogP contribution in [0, 0.1) is 0 Å². The number of anilines is 1. The molecule has 6 heteroatoms. The monoisotopic (exact) mass is 290 g/mol. The molecule has 0 aliphatic carbocycles. The number of nitrogens with one attached hydrogen (secondary N) is 1. The van der Waals surface area contributed by atoms with Gasteiger partial charge in [0, 0.05) is 11.6 Å². The summed E-state index contributed by atoms with van der Waals surface area (Å²) in [6.45, 7) is 3.32. The van der Waals surface area contributed by atoms with Crippen molar-refractivity contribution in [3.05, 3.63) is 28.2 Å². The minimum atomic E-state index is -0.186. The Morgan fingerprint density at radius 1 is 1.44 bits per heavy atom. The summed E-state index contributed by atoms with van der Waals surface area (Å²) in [5.41, 5.74) is 0.495. The van der Waals surface area contributed by atoms with Gasteiger partial charge < -0.3 is 10.4 Å². The predicted molar refractivity (Wildman–Crippen MR) is 74.3 cm³/mol. The fourth-order valence-corrected chi connectivity index (χ4v) is 1.81. The average molecular weight is 291 g/mol. The van der Waals surface area contributed by atoms with E-state index in [-0.39, 0.29) is 19.1 Å². The summed E-state index contributed by atoms with van der Waals surface area (Å²) in [7, 11) is 0. The standard InChI is InChI=1S/C12H16Cl2N2O2/c1-2-16(5-6-17)8-12(18)15-11-7-9(13)3-4-10(11)14/h3-4,7,17H,2,5-6,8H2,1H3,(H,15,18). The van der Waals surface area contributed by atoms with Crippen molar-refractivity contribution < 1.29 is 9.90 Å². The summed E-state index contributed by atoms with van der Waals surface area (Å²) in [5, 5.41) is 12.5.